The predicted molar refractivity (Wildman–Crippen MR) is 105 cm³/mol. The second-order valence-corrected chi connectivity index (χ2v) is 7.26. The molecule has 140 valence electrons. The quantitative estimate of drug-likeness (QED) is 0.679. The standard InChI is InChI=1S/C20H21ClN4O2/c1-12-15(21)9-6-10-17(12)27-13(2)16-11-18(26)25-20(22-16)23-19(24-25)14-7-4-3-5-8-14/h4,6-7,9-11,13-14H,3,5,8H2,1-2H3,(H,22,23,24). The van der Waals surface area contributed by atoms with Crippen molar-refractivity contribution in [3.05, 3.63) is 68.9 Å². The minimum absolute atomic E-state index is 0.200. The highest BCUT2D eigenvalue weighted by atomic mass is 35.5. The van der Waals surface area contributed by atoms with Crippen molar-refractivity contribution < 1.29 is 4.74 Å². The average molecular weight is 385 g/mol. The maximum absolute atomic E-state index is 12.5. The molecular weight excluding hydrogens is 364 g/mol. The number of hydrogen-bond acceptors (Lipinski definition) is 4. The molecule has 0 bridgehead atoms. The van der Waals surface area contributed by atoms with E-state index >= 15 is 0 Å². The first-order valence-electron chi connectivity index (χ1n) is 9.11. The van der Waals surface area contributed by atoms with Crippen LogP contribution < -0.4 is 10.3 Å². The van der Waals surface area contributed by atoms with E-state index in [0.29, 0.717) is 22.2 Å². The number of halogens is 1. The van der Waals surface area contributed by atoms with E-state index in [1.54, 1.807) is 0 Å². The number of nitrogens with zero attached hydrogens (tertiary/aromatic N) is 3. The summed E-state index contributed by atoms with van der Waals surface area (Å²) >= 11 is 6.15. The van der Waals surface area contributed by atoms with Gasteiger partial charge in [0.05, 0.1) is 5.69 Å². The third-order valence-corrected chi connectivity index (χ3v) is 5.32. The zero-order chi connectivity index (χ0) is 19.0. The van der Waals surface area contributed by atoms with Gasteiger partial charge in [0.1, 0.15) is 17.7 Å². The number of aromatic nitrogens is 4. The summed E-state index contributed by atoms with van der Waals surface area (Å²) in [6.07, 6.45) is 7.12. The van der Waals surface area contributed by atoms with Crippen LogP contribution in [0.1, 0.15) is 55.3 Å². The topological polar surface area (TPSA) is 72.3 Å². The summed E-state index contributed by atoms with van der Waals surface area (Å²) in [7, 11) is 0. The van der Waals surface area contributed by atoms with Crippen molar-refractivity contribution in [3.8, 4) is 5.75 Å². The van der Waals surface area contributed by atoms with Gasteiger partial charge in [-0.1, -0.05) is 29.8 Å². The number of H-pyrrole nitrogens is 1. The molecule has 1 aromatic carbocycles. The lowest BCUT2D eigenvalue weighted by Crippen LogP contribution is -2.18. The highest BCUT2D eigenvalue weighted by Gasteiger charge is 2.19. The van der Waals surface area contributed by atoms with Crippen molar-refractivity contribution in [1.82, 2.24) is 19.6 Å². The lowest BCUT2D eigenvalue weighted by Gasteiger charge is -2.16. The summed E-state index contributed by atoms with van der Waals surface area (Å²) in [5.41, 5.74) is 1.19. The number of allylic oxidation sites excluding steroid dienone is 2. The molecule has 2 aromatic heterocycles. The largest absolute Gasteiger partial charge is 0.484 e. The molecule has 0 fully saturated rings. The number of nitrogens with one attached hydrogen (secondary N) is 1. The Morgan fingerprint density at radius 3 is 3.00 bits per heavy atom. The molecule has 1 aliphatic carbocycles. The van der Waals surface area contributed by atoms with Gasteiger partial charge in [-0.25, -0.2) is 4.98 Å². The van der Waals surface area contributed by atoms with Crippen molar-refractivity contribution in [2.75, 3.05) is 0 Å². The molecular formula is C20H21ClN4O2. The maximum atomic E-state index is 12.5. The molecule has 4 rings (SSSR count). The second kappa shape index (κ2) is 7.19. The highest BCUT2D eigenvalue weighted by Crippen LogP contribution is 2.29. The van der Waals surface area contributed by atoms with Crippen LogP contribution >= 0.6 is 11.6 Å². The second-order valence-electron chi connectivity index (χ2n) is 6.85. The van der Waals surface area contributed by atoms with Crippen molar-refractivity contribution in [1.29, 1.82) is 0 Å². The van der Waals surface area contributed by atoms with E-state index in [1.165, 1.54) is 10.6 Å². The predicted octanol–water partition coefficient (Wildman–Crippen LogP) is 4.34. The van der Waals surface area contributed by atoms with Crippen LogP contribution in [0.15, 0.2) is 41.2 Å². The minimum Gasteiger partial charge on any atom is -0.484 e. The maximum Gasteiger partial charge on any atom is 0.274 e. The van der Waals surface area contributed by atoms with E-state index in [1.807, 2.05) is 32.0 Å². The van der Waals surface area contributed by atoms with Gasteiger partial charge >= 0.3 is 0 Å². The van der Waals surface area contributed by atoms with Gasteiger partial charge in [0.2, 0.25) is 0 Å². The Morgan fingerprint density at radius 2 is 2.22 bits per heavy atom. The Labute approximate surface area is 161 Å². The Bertz CT molecular complexity index is 1070. The van der Waals surface area contributed by atoms with E-state index in [2.05, 4.69) is 27.2 Å². The van der Waals surface area contributed by atoms with E-state index in [0.717, 1.165) is 30.7 Å². The first-order valence-corrected chi connectivity index (χ1v) is 9.49. The summed E-state index contributed by atoms with van der Waals surface area (Å²) in [6, 6.07) is 6.98. The van der Waals surface area contributed by atoms with Crippen LogP contribution in [0.3, 0.4) is 0 Å². The molecule has 1 N–H and O–H groups in total. The van der Waals surface area contributed by atoms with Gasteiger partial charge < -0.3 is 4.74 Å². The van der Waals surface area contributed by atoms with Gasteiger partial charge in [-0.05, 0) is 45.2 Å². The van der Waals surface area contributed by atoms with Gasteiger partial charge in [0.25, 0.3) is 11.3 Å². The molecule has 0 saturated carbocycles. The molecule has 1 aliphatic rings. The monoisotopic (exact) mass is 384 g/mol. The zero-order valence-corrected chi connectivity index (χ0v) is 16.0. The van der Waals surface area contributed by atoms with Gasteiger partial charge in [-0.15, -0.1) is 0 Å². The number of aromatic amines is 1. The molecule has 2 unspecified atom stereocenters. The first-order chi connectivity index (χ1) is 13.0. The lowest BCUT2D eigenvalue weighted by molar-refractivity contribution is 0.220. The number of rotatable bonds is 4. The zero-order valence-electron chi connectivity index (χ0n) is 15.3. The third kappa shape index (κ3) is 3.49. The Morgan fingerprint density at radius 1 is 1.37 bits per heavy atom. The summed E-state index contributed by atoms with van der Waals surface area (Å²) in [5.74, 6) is 2.01. The lowest BCUT2D eigenvalue weighted by atomic mass is 9.95. The van der Waals surface area contributed by atoms with Gasteiger partial charge in [0, 0.05) is 22.6 Å². The van der Waals surface area contributed by atoms with E-state index < -0.39 is 6.10 Å². The van der Waals surface area contributed by atoms with Crippen molar-refractivity contribution in [3.63, 3.8) is 0 Å². The van der Waals surface area contributed by atoms with Gasteiger partial charge in [-0.3, -0.25) is 9.89 Å². The van der Waals surface area contributed by atoms with E-state index in [-0.39, 0.29) is 11.5 Å². The molecule has 0 saturated heterocycles. The molecule has 0 radical (unpaired) electrons. The molecule has 7 heteroatoms. The van der Waals surface area contributed by atoms with Crippen LogP contribution in [0.25, 0.3) is 5.78 Å². The summed E-state index contributed by atoms with van der Waals surface area (Å²) in [5, 5.41) is 3.73. The molecule has 2 atom stereocenters. The number of hydrogen-bond donors (Lipinski definition) is 1. The summed E-state index contributed by atoms with van der Waals surface area (Å²) in [6.45, 7) is 3.75. The molecule has 0 spiro atoms. The Kier molecular flexibility index (Phi) is 4.74. The average Bonchev–Trinajstić information content (AvgIpc) is 3.11. The van der Waals surface area contributed by atoms with Crippen LogP contribution in [0.5, 0.6) is 5.75 Å². The number of benzene rings is 1. The molecule has 6 nitrogen and oxygen atoms in total. The van der Waals surface area contributed by atoms with Crippen molar-refractivity contribution >= 4 is 17.4 Å². The summed E-state index contributed by atoms with van der Waals surface area (Å²) in [4.78, 5) is 21.6. The Balaban J connectivity index is 1.65. The smallest absolute Gasteiger partial charge is 0.274 e. The van der Waals surface area contributed by atoms with Gasteiger partial charge in [0.15, 0.2) is 0 Å². The molecule has 0 amide bonds. The number of fused-ring (bicyclic) bond motifs is 1. The van der Waals surface area contributed by atoms with Crippen LogP contribution in [-0.4, -0.2) is 19.6 Å². The first kappa shape index (κ1) is 17.8. The number of ether oxygens (including phenoxy) is 1. The molecule has 0 aliphatic heterocycles. The Hall–Kier alpha value is -2.60. The molecule has 2 heterocycles. The van der Waals surface area contributed by atoms with Crippen molar-refractivity contribution in [2.24, 2.45) is 0 Å². The van der Waals surface area contributed by atoms with Crippen LogP contribution in [0.4, 0.5) is 0 Å². The van der Waals surface area contributed by atoms with Crippen LogP contribution in [-0.2, 0) is 0 Å². The normalized spacial score (nSPS) is 18.0. The fourth-order valence-corrected chi connectivity index (χ4v) is 3.46. The summed E-state index contributed by atoms with van der Waals surface area (Å²) < 4.78 is 7.38. The molecule has 3 aromatic rings. The van der Waals surface area contributed by atoms with E-state index in [4.69, 9.17) is 16.3 Å². The van der Waals surface area contributed by atoms with Gasteiger partial charge in [-0.2, -0.15) is 9.50 Å². The molecule has 27 heavy (non-hydrogen) atoms. The van der Waals surface area contributed by atoms with Crippen LogP contribution in [0.2, 0.25) is 5.02 Å². The van der Waals surface area contributed by atoms with Crippen molar-refractivity contribution in [2.45, 2.75) is 45.1 Å². The van der Waals surface area contributed by atoms with E-state index in [9.17, 15) is 4.79 Å². The fraction of sp³-hybridized carbons (Fsp3) is 0.350. The minimum atomic E-state index is -0.408. The SMILES string of the molecule is Cc1c(Cl)cccc1OC(C)c1cc(=O)n2[nH]c(C3C=CCCC3)nc2n1. The third-order valence-electron chi connectivity index (χ3n) is 4.91. The highest BCUT2D eigenvalue weighted by molar-refractivity contribution is 6.31. The fourth-order valence-electron chi connectivity index (χ4n) is 3.30. The van der Waals surface area contributed by atoms with Crippen LogP contribution in [0, 0.1) is 6.92 Å².